The second kappa shape index (κ2) is 6.40. The normalized spacial score (nSPS) is 21.8. The largest absolute Gasteiger partial charge is 0.481 e. The van der Waals surface area contributed by atoms with Crippen LogP contribution in [0.15, 0.2) is 54.6 Å². The minimum Gasteiger partial charge on any atom is -0.481 e. The lowest BCUT2D eigenvalue weighted by Crippen LogP contribution is -2.40. The number of likely N-dealkylation sites (tertiary alicyclic amines) is 1. The van der Waals surface area contributed by atoms with E-state index in [2.05, 4.69) is 62.1 Å². The van der Waals surface area contributed by atoms with E-state index in [0.29, 0.717) is 6.54 Å². The number of hydrogen-bond donors (Lipinski definition) is 1. The topological polar surface area (TPSA) is 40.5 Å². The van der Waals surface area contributed by atoms with E-state index in [9.17, 15) is 9.90 Å². The van der Waals surface area contributed by atoms with Crippen LogP contribution < -0.4 is 0 Å². The average Bonchev–Trinajstić information content (AvgIpc) is 3.02. The van der Waals surface area contributed by atoms with Gasteiger partial charge in [0.2, 0.25) is 0 Å². The van der Waals surface area contributed by atoms with Crippen LogP contribution in [0.5, 0.6) is 0 Å². The molecule has 3 nitrogen and oxygen atoms in total. The van der Waals surface area contributed by atoms with Crippen LogP contribution >= 0.6 is 0 Å². The zero-order valence-electron chi connectivity index (χ0n) is 14.6. The van der Waals surface area contributed by atoms with Gasteiger partial charge < -0.3 is 5.11 Å². The summed E-state index contributed by atoms with van der Waals surface area (Å²) in [4.78, 5) is 14.0. The molecular weight excluding hydrogens is 298 g/mol. The molecule has 1 aliphatic rings. The van der Waals surface area contributed by atoms with Crippen molar-refractivity contribution >= 4 is 5.97 Å². The fourth-order valence-corrected chi connectivity index (χ4v) is 3.49. The Balaban J connectivity index is 1.86. The van der Waals surface area contributed by atoms with Crippen LogP contribution in [0.4, 0.5) is 0 Å². The van der Waals surface area contributed by atoms with Gasteiger partial charge in [-0.2, -0.15) is 0 Å². The average molecular weight is 323 g/mol. The second-order valence-corrected chi connectivity index (χ2v) is 7.62. The SMILES string of the molecule is CC(C)(C)N1C[C@H](C(=O)O)[C@@H](c2ccc(-c3ccccc3)cc2)C1. The van der Waals surface area contributed by atoms with Crippen LogP contribution in [0.25, 0.3) is 11.1 Å². The molecule has 0 bridgehead atoms. The van der Waals surface area contributed by atoms with Crippen molar-refractivity contribution in [2.75, 3.05) is 13.1 Å². The summed E-state index contributed by atoms with van der Waals surface area (Å²) in [6, 6.07) is 18.6. The Labute approximate surface area is 143 Å². The Morgan fingerprint density at radius 3 is 2.08 bits per heavy atom. The maximum absolute atomic E-state index is 11.7. The molecule has 2 atom stereocenters. The summed E-state index contributed by atoms with van der Waals surface area (Å²) in [5.74, 6) is -0.989. The summed E-state index contributed by atoms with van der Waals surface area (Å²) < 4.78 is 0. The van der Waals surface area contributed by atoms with Gasteiger partial charge in [-0.3, -0.25) is 9.69 Å². The number of carboxylic acid groups (broad SMARTS) is 1. The first-order valence-electron chi connectivity index (χ1n) is 8.49. The molecule has 2 aromatic carbocycles. The zero-order chi connectivity index (χ0) is 17.3. The molecule has 1 heterocycles. The van der Waals surface area contributed by atoms with Gasteiger partial charge in [-0.15, -0.1) is 0 Å². The van der Waals surface area contributed by atoms with Crippen molar-refractivity contribution in [1.29, 1.82) is 0 Å². The quantitative estimate of drug-likeness (QED) is 0.918. The number of rotatable bonds is 3. The molecular formula is C21H25NO2. The first-order chi connectivity index (χ1) is 11.4. The molecule has 0 radical (unpaired) electrons. The van der Waals surface area contributed by atoms with E-state index in [0.717, 1.165) is 17.7 Å². The van der Waals surface area contributed by atoms with E-state index >= 15 is 0 Å². The Morgan fingerprint density at radius 2 is 1.54 bits per heavy atom. The number of carboxylic acids is 1. The highest BCUT2D eigenvalue weighted by Crippen LogP contribution is 2.37. The van der Waals surface area contributed by atoms with Gasteiger partial charge in [0.15, 0.2) is 0 Å². The molecule has 0 aromatic heterocycles. The Kier molecular flexibility index (Phi) is 4.46. The van der Waals surface area contributed by atoms with Crippen LogP contribution in [0, 0.1) is 5.92 Å². The van der Waals surface area contributed by atoms with Crippen molar-refractivity contribution < 1.29 is 9.90 Å². The van der Waals surface area contributed by atoms with Gasteiger partial charge in [0, 0.05) is 24.5 Å². The van der Waals surface area contributed by atoms with Gasteiger partial charge in [-0.05, 0) is 37.5 Å². The number of aliphatic carboxylic acids is 1. The molecule has 0 aliphatic carbocycles. The van der Waals surface area contributed by atoms with Gasteiger partial charge >= 0.3 is 5.97 Å². The minimum absolute atomic E-state index is 0.00751. The molecule has 24 heavy (non-hydrogen) atoms. The highest BCUT2D eigenvalue weighted by molar-refractivity contribution is 5.72. The van der Waals surface area contributed by atoms with Crippen LogP contribution in [0.2, 0.25) is 0 Å². The third-order valence-electron chi connectivity index (χ3n) is 5.03. The minimum atomic E-state index is -0.695. The monoisotopic (exact) mass is 323 g/mol. The summed E-state index contributed by atoms with van der Waals surface area (Å²) in [6.07, 6.45) is 0. The maximum atomic E-state index is 11.7. The van der Waals surface area contributed by atoms with Gasteiger partial charge in [0.05, 0.1) is 5.92 Å². The summed E-state index contributed by atoms with van der Waals surface area (Å²) in [5.41, 5.74) is 3.46. The second-order valence-electron chi connectivity index (χ2n) is 7.62. The van der Waals surface area contributed by atoms with E-state index in [1.165, 1.54) is 5.56 Å². The molecule has 2 aromatic rings. The Hall–Kier alpha value is -2.13. The van der Waals surface area contributed by atoms with E-state index in [4.69, 9.17) is 0 Å². The fourth-order valence-electron chi connectivity index (χ4n) is 3.49. The Morgan fingerprint density at radius 1 is 0.958 bits per heavy atom. The summed E-state index contributed by atoms with van der Waals surface area (Å²) in [7, 11) is 0. The lowest BCUT2D eigenvalue weighted by atomic mass is 9.88. The molecule has 0 unspecified atom stereocenters. The molecule has 1 aliphatic heterocycles. The third kappa shape index (κ3) is 3.36. The van der Waals surface area contributed by atoms with Gasteiger partial charge in [-0.1, -0.05) is 54.6 Å². The van der Waals surface area contributed by atoms with E-state index in [-0.39, 0.29) is 17.4 Å². The summed E-state index contributed by atoms with van der Waals surface area (Å²) >= 11 is 0. The van der Waals surface area contributed by atoms with Crippen molar-refractivity contribution in [3.63, 3.8) is 0 Å². The molecule has 0 saturated carbocycles. The first-order valence-corrected chi connectivity index (χ1v) is 8.49. The highest BCUT2D eigenvalue weighted by atomic mass is 16.4. The van der Waals surface area contributed by atoms with Crippen LogP contribution in [-0.2, 0) is 4.79 Å². The smallest absolute Gasteiger partial charge is 0.308 e. The van der Waals surface area contributed by atoms with E-state index < -0.39 is 5.97 Å². The molecule has 1 N–H and O–H groups in total. The van der Waals surface area contributed by atoms with Crippen molar-refractivity contribution in [3.8, 4) is 11.1 Å². The highest BCUT2D eigenvalue weighted by Gasteiger charge is 2.41. The van der Waals surface area contributed by atoms with Gasteiger partial charge in [0.25, 0.3) is 0 Å². The third-order valence-corrected chi connectivity index (χ3v) is 5.03. The van der Waals surface area contributed by atoms with E-state index in [1.807, 2.05) is 18.2 Å². The number of hydrogen-bond acceptors (Lipinski definition) is 2. The van der Waals surface area contributed by atoms with Crippen LogP contribution in [0.3, 0.4) is 0 Å². The number of nitrogens with zero attached hydrogens (tertiary/aromatic N) is 1. The molecule has 1 fully saturated rings. The molecule has 3 heteroatoms. The van der Waals surface area contributed by atoms with Crippen molar-refractivity contribution in [1.82, 2.24) is 4.90 Å². The lowest BCUT2D eigenvalue weighted by Gasteiger charge is -2.31. The van der Waals surface area contributed by atoms with Crippen molar-refractivity contribution in [2.45, 2.75) is 32.2 Å². The zero-order valence-corrected chi connectivity index (χ0v) is 14.6. The lowest BCUT2D eigenvalue weighted by molar-refractivity contribution is -0.141. The molecule has 126 valence electrons. The summed E-state index contributed by atoms with van der Waals surface area (Å²) in [6.45, 7) is 7.85. The predicted octanol–water partition coefficient (Wildman–Crippen LogP) is 4.25. The molecule has 0 amide bonds. The number of benzene rings is 2. The van der Waals surface area contributed by atoms with Gasteiger partial charge in [0.1, 0.15) is 0 Å². The van der Waals surface area contributed by atoms with Crippen molar-refractivity contribution in [2.24, 2.45) is 5.92 Å². The fraction of sp³-hybridized carbons (Fsp3) is 0.381. The van der Waals surface area contributed by atoms with Crippen LogP contribution in [0.1, 0.15) is 32.3 Å². The number of carbonyl (C=O) groups is 1. The molecule has 0 spiro atoms. The summed E-state index contributed by atoms with van der Waals surface area (Å²) in [5, 5.41) is 9.63. The first kappa shape index (κ1) is 16.7. The maximum Gasteiger partial charge on any atom is 0.308 e. The van der Waals surface area contributed by atoms with Gasteiger partial charge in [-0.25, -0.2) is 0 Å². The Bertz CT molecular complexity index is 701. The standard InChI is InChI=1S/C21H25NO2/c1-21(2,3)22-13-18(19(14-22)20(23)24)17-11-9-16(10-12-17)15-7-5-4-6-8-15/h4-12,18-19H,13-14H2,1-3H3,(H,23,24)/t18-,19+/m1/s1. The van der Waals surface area contributed by atoms with E-state index in [1.54, 1.807) is 0 Å². The van der Waals surface area contributed by atoms with Crippen LogP contribution in [-0.4, -0.2) is 34.6 Å². The van der Waals surface area contributed by atoms with Crippen molar-refractivity contribution in [3.05, 3.63) is 60.2 Å². The molecule has 3 rings (SSSR count). The molecule has 1 saturated heterocycles. The predicted molar refractivity (Wildman–Crippen MR) is 97.1 cm³/mol.